The van der Waals surface area contributed by atoms with Crippen molar-refractivity contribution in [2.24, 2.45) is 0 Å². The molecular formula is C25H29BrN2O5. The van der Waals surface area contributed by atoms with Gasteiger partial charge in [0.2, 0.25) is 0 Å². The van der Waals surface area contributed by atoms with Gasteiger partial charge < -0.3 is 14.2 Å². The normalized spacial score (nSPS) is 20.2. The lowest BCUT2D eigenvalue weighted by atomic mass is 9.86. The molecule has 4 rings (SSSR count). The molecule has 0 spiro atoms. The molecule has 0 bridgehead atoms. The summed E-state index contributed by atoms with van der Waals surface area (Å²) in [5.74, 6) is 0.234. The fraction of sp³-hybridized carbons (Fsp3) is 0.440. The number of methoxy groups -OCH3 is 2. The highest BCUT2D eigenvalue weighted by atomic mass is 79.9. The Labute approximate surface area is 202 Å². The summed E-state index contributed by atoms with van der Waals surface area (Å²) in [5.41, 5.74) is 3.82. The van der Waals surface area contributed by atoms with E-state index in [9.17, 15) is 9.59 Å². The monoisotopic (exact) mass is 516 g/mol. The molecule has 1 saturated heterocycles. The van der Waals surface area contributed by atoms with E-state index in [0.29, 0.717) is 23.2 Å². The van der Waals surface area contributed by atoms with Crippen molar-refractivity contribution < 1.29 is 23.8 Å². The number of fused-ring (bicyclic) bond motifs is 5. The lowest BCUT2D eigenvalue weighted by molar-refractivity contribution is -0.135. The summed E-state index contributed by atoms with van der Waals surface area (Å²) < 4.78 is 18.2. The molecule has 1 fully saturated rings. The molecule has 2 aliphatic heterocycles. The van der Waals surface area contributed by atoms with Gasteiger partial charge in [-0.05, 0) is 78.4 Å². The van der Waals surface area contributed by atoms with Crippen LogP contribution in [0.1, 0.15) is 44.5 Å². The lowest BCUT2D eigenvalue weighted by Gasteiger charge is -2.42. The molecule has 1 aromatic carbocycles. The van der Waals surface area contributed by atoms with Crippen molar-refractivity contribution >= 4 is 38.9 Å². The summed E-state index contributed by atoms with van der Waals surface area (Å²) in [5, 5.41) is 1.01. The molecule has 0 unspecified atom stereocenters. The van der Waals surface area contributed by atoms with Crippen molar-refractivity contribution in [2.45, 2.75) is 45.3 Å². The van der Waals surface area contributed by atoms with E-state index in [0.717, 1.165) is 46.3 Å². The van der Waals surface area contributed by atoms with E-state index in [1.165, 1.54) is 7.11 Å². The minimum atomic E-state index is -0.645. The Balaban J connectivity index is 1.92. The van der Waals surface area contributed by atoms with Crippen molar-refractivity contribution in [1.82, 2.24) is 9.47 Å². The van der Waals surface area contributed by atoms with Gasteiger partial charge in [0.1, 0.15) is 15.8 Å². The summed E-state index contributed by atoms with van der Waals surface area (Å²) in [6, 6.07) is 5.69. The number of carbonyl (C=O) groups is 2. The van der Waals surface area contributed by atoms with Gasteiger partial charge >= 0.3 is 12.1 Å². The first-order valence-electron chi connectivity index (χ1n) is 10.9. The number of halogens is 1. The summed E-state index contributed by atoms with van der Waals surface area (Å²) in [4.78, 5) is 28.0. The van der Waals surface area contributed by atoms with E-state index in [2.05, 4.69) is 27.4 Å². The molecule has 33 heavy (non-hydrogen) atoms. The summed E-state index contributed by atoms with van der Waals surface area (Å²) in [6.45, 7) is 11.2. The molecule has 0 saturated carbocycles. The highest BCUT2D eigenvalue weighted by Crippen LogP contribution is 2.45. The molecule has 8 heteroatoms. The molecule has 0 N–H and O–H groups in total. The van der Waals surface area contributed by atoms with E-state index < -0.39 is 17.7 Å². The minimum Gasteiger partial charge on any atom is -0.497 e. The maximum atomic E-state index is 13.5. The number of hydrogen-bond acceptors (Lipinski definition) is 6. The Morgan fingerprint density at radius 1 is 1.21 bits per heavy atom. The number of ether oxygens (including phenoxy) is 3. The molecule has 2 aromatic rings. The summed E-state index contributed by atoms with van der Waals surface area (Å²) in [7, 11) is 2.96. The van der Waals surface area contributed by atoms with Crippen LogP contribution < -0.4 is 4.74 Å². The third kappa shape index (κ3) is 4.22. The molecule has 2 aliphatic rings. The Morgan fingerprint density at radius 2 is 1.94 bits per heavy atom. The number of piperidine rings is 1. The van der Waals surface area contributed by atoms with E-state index in [1.54, 1.807) is 11.7 Å². The van der Waals surface area contributed by atoms with Crippen molar-refractivity contribution in [2.75, 3.05) is 27.3 Å². The van der Waals surface area contributed by atoms with Crippen LogP contribution in [-0.2, 0) is 20.7 Å². The predicted molar refractivity (Wildman–Crippen MR) is 130 cm³/mol. The fourth-order valence-electron chi connectivity index (χ4n) is 4.73. The molecule has 0 aliphatic carbocycles. The van der Waals surface area contributed by atoms with Gasteiger partial charge in [-0.3, -0.25) is 4.90 Å². The molecule has 1 atom stereocenters. The second kappa shape index (κ2) is 8.65. The van der Waals surface area contributed by atoms with Gasteiger partial charge in [-0.25, -0.2) is 14.2 Å². The standard InChI is InChI=1S/C25H29BrN2O5/c1-14-13-27-10-9-17-16-8-7-15(31-5)11-19(16)28(24(30)33-25(2,3)4)22(17)20(27)12-18(14)21(26)23(29)32-6/h7-8,11,20H,1,9-10,12-13H2,2-6H3/b21-18+/t20-/m1/s1. The quantitative estimate of drug-likeness (QED) is 0.407. The van der Waals surface area contributed by atoms with E-state index in [4.69, 9.17) is 14.2 Å². The van der Waals surface area contributed by atoms with Crippen molar-refractivity contribution in [1.29, 1.82) is 0 Å². The molecule has 7 nitrogen and oxygen atoms in total. The maximum absolute atomic E-state index is 13.5. The number of hydrogen-bond donors (Lipinski definition) is 0. The first-order chi connectivity index (χ1) is 15.6. The fourth-order valence-corrected chi connectivity index (χ4v) is 5.34. The lowest BCUT2D eigenvalue weighted by Crippen LogP contribution is -2.42. The predicted octanol–water partition coefficient (Wildman–Crippen LogP) is 5.11. The number of nitrogens with zero attached hydrogens (tertiary/aromatic N) is 2. The Hall–Kier alpha value is -2.58. The highest BCUT2D eigenvalue weighted by Gasteiger charge is 2.40. The van der Waals surface area contributed by atoms with Crippen LogP contribution in [0.15, 0.2) is 40.4 Å². The smallest absolute Gasteiger partial charge is 0.419 e. The van der Waals surface area contributed by atoms with Crippen LogP contribution in [-0.4, -0.2) is 54.4 Å². The van der Waals surface area contributed by atoms with Crippen LogP contribution in [0, 0.1) is 0 Å². The Bertz CT molecular complexity index is 1190. The summed E-state index contributed by atoms with van der Waals surface area (Å²) in [6.07, 6.45) is 0.901. The first kappa shape index (κ1) is 23.6. The molecule has 1 aromatic heterocycles. The zero-order chi connectivity index (χ0) is 24.1. The van der Waals surface area contributed by atoms with Crippen molar-refractivity contribution in [3.63, 3.8) is 0 Å². The van der Waals surface area contributed by atoms with Gasteiger partial charge in [0.05, 0.1) is 31.5 Å². The van der Waals surface area contributed by atoms with E-state index in [1.807, 2.05) is 39.0 Å². The average molecular weight is 517 g/mol. The van der Waals surface area contributed by atoms with Gasteiger partial charge in [-0.1, -0.05) is 6.58 Å². The van der Waals surface area contributed by atoms with Crippen LogP contribution in [0.3, 0.4) is 0 Å². The van der Waals surface area contributed by atoms with Gasteiger partial charge in [0.15, 0.2) is 0 Å². The minimum absolute atomic E-state index is 0.114. The third-order valence-corrected chi connectivity index (χ3v) is 6.95. The van der Waals surface area contributed by atoms with Gasteiger partial charge in [0, 0.05) is 24.5 Å². The third-order valence-electron chi connectivity index (χ3n) is 6.15. The number of rotatable bonds is 2. The highest BCUT2D eigenvalue weighted by molar-refractivity contribution is 9.12. The molecule has 0 radical (unpaired) electrons. The molecule has 3 heterocycles. The second-order valence-corrected chi connectivity index (χ2v) is 10.2. The zero-order valence-electron chi connectivity index (χ0n) is 19.7. The molecule has 0 amide bonds. The van der Waals surface area contributed by atoms with Crippen LogP contribution in [0.4, 0.5) is 4.79 Å². The van der Waals surface area contributed by atoms with Crippen LogP contribution in [0.5, 0.6) is 5.75 Å². The topological polar surface area (TPSA) is 70.0 Å². The number of esters is 1. The van der Waals surface area contributed by atoms with Crippen molar-refractivity contribution in [3.8, 4) is 5.75 Å². The second-order valence-electron chi connectivity index (χ2n) is 9.39. The van der Waals surface area contributed by atoms with Crippen molar-refractivity contribution in [3.05, 3.63) is 51.7 Å². The number of aromatic nitrogens is 1. The average Bonchev–Trinajstić information content (AvgIpc) is 3.10. The van der Waals surface area contributed by atoms with E-state index >= 15 is 0 Å². The largest absolute Gasteiger partial charge is 0.497 e. The molecule has 176 valence electrons. The van der Waals surface area contributed by atoms with Crippen LogP contribution in [0.25, 0.3) is 10.9 Å². The van der Waals surface area contributed by atoms with Gasteiger partial charge in [0.25, 0.3) is 0 Å². The SMILES string of the molecule is C=C1CN2CCc3c(n(C(=O)OC(C)(C)C)c4cc(OC)ccc34)[C@H]2C/C1=C(\Br)C(=O)OC. The van der Waals surface area contributed by atoms with E-state index in [-0.39, 0.29) is 6.04 Å². The van der Waals surface area contributed by atoms with Gasteiger partial charge in [-0.2, -0.15) is 0 Å². The van der Waals surface area contributed by atoms with Gasteiger partial charge in [-0.15, -0.1) is 0 Å². The Kier molecular flexibility index (Phi) is 6.18. The Morgan fingerprint density at radius 3 is 2.58 bits per heavy atom. The maximum Gasteiger partial charge on any atom is 0.419 e. The van der Waals surface area contributed by atoms with Crippen LogP contribution in [0.2, 0.25) is 0 Å². The zero-order valence-corrected chi connectivity index (χ0v) is 21.2. The number of benzene rings is 1. The first-order valence-corrected chi connectivity index (χ1v) is 11.7. The van der Waals surface area contributed by atoms with Crippen LogP contribution >= 0.6 is 15.9 Å². The summed E-state index contributed by atoms with van der Waals surface area (Å²) >= 11 is 3.41. The number of carbonyl (C=O) groups excluding carboxylic acids is 2. The molecular weight excluding hydrogens is 488 g/mol.